The summed E-state index contributed by atoms with van der Waals surface area (Å²) < 4.78 is 46.8. The Morgan fingerprint density at radius 3 is 2.61 bits per heavy atom. The van der Waals surface area contributed by atoms with E-state index in [-0.39, 0.29) is 44.0 Å². The predicted octanol–water partition coefficient (Wildman–Crippen LogP) is 3.84. The lowest BCUT2D eigenvalue weighted by atomic mass is 9.91. The average Bonchev–Trinajstić information content (AvgIpc) is 3.75. The Hall–Kier alpha value is -4.02. The van der Waals surface area contributed by atoms with Crippen molar-refractivity contribution in [2.24, 2.45) is 0 Å². The highest BCUT2D eigenvalue weighted by Crippen LogP contribution is 2.38. The van der Waals surface area contributed by atoms with Crippen molar-refractivity contribution < 1.29 is 33.0 Å². The Morgan fingerprint density at radius 2 is 1.96 bits per heavy atom. The second kappa shape index (κ2) is 12.3. The number of carbonyl (C=O) groups is 2. The molecular weight excluding hydrogens is 651 g/mol. The smallest absolute Gasteiger partial charge is 0.407 e. The van der Waals surface area contributed by atoms with E-state index in [9.17, 15) is 37.8 Å². The maximum atomic E-state index is 13.6. The molecule has 3 aromatic heterocycles. The third-order valence-corrected chi connectivity index (χ3v) is 10.1. The summed E-state index contributed by atoms with van der Waals surface area (Å²) in [5.41, 5.74) is 1.18. The van der Waals surface area contributed by atoms with Crippen LogP contribution < -0.4 is 5.56 Å². The number of likely N-dealkylation sites (tertiary alicyclic amines) is 1. The molecule has 2 N–H and O–H groups in total. The number of benzene rings is 1. The maximum Gasteiger partial charge on any atom is 0.407 e. The summed E-state index contributed by atoms with van der Waals surface area (Å²) in [6.07, 6.45) is -0.970. The van der Waals surface area contributed by atoms with Gasteiger partial charge in [-0.25, -0.2) is 18.6 Å². The van der Waals surface area contributed by atoms with Crippen molar-refractivity contribution in [3.8, 4) is 10.4 Å². The second-order valence-electron chi connectivity index (χ2n) is 11.8. The minimum atomic E-state index is -2.94. The van der Waals surface area contributed by atoms with E-state index in [4.69, 9.17) is 11.6 Å². The van der Waals surface area contributed by atoms with E-state index in [0.29, 0.717) is 33.8 Å². The molecule has 2 atom stereocenters. The topological polar surface area (TPSA) is 147 Å². The summed E-state index contributed by atoms with van der Waals surface area (Å²) in [7, 11) is 1.53. The fourth-order valence-electron chi connectivity index (χ4n) is 6.14. The molecule has 244 valence electrons. The third-order valence-electron chi connectivity index (χ3n) is 8.85. The molecule has 4 heterocycles. The number of alkyl halides is 2. The zero-order valence-electron chi connectivity index (χ0n) is 24.4. The van der Waals surface area contributed by atoms with Crippen molar-refractivity contribution in [2.75, 3.05) is 20.1 Å². The van der Waals surface area contributed by atoms with E-state index in [1.54, 1.807) is 6.07 Å². The van der Waals surface area contributed by atoms with Crippen LogP contribution in [0.2, 0.25) is 5.02 Å². The van der Waals surface area contributed by atoms with Crippen LogP contribution in [0, 0.1) is 5.95 Å². The van der Waals surface area contributed by atoms with E-state index >= 15 is 0 Å². The standard InChI is InChI=1S/C29H29ClF3N7O5S/c1-37(28(43)44)17-9-15-8-16(10-19(30)18(15)11-17)25-23-24(36-46-25)27(42)39(14-34-23)13-29(45)3-6-38(7-4-29)22(41)12-20(26(32)33)40-5-2-21(31)35-40/h2,5,8,10,14,17,20,26,45H,3-4,6-7,9,11-13H2,1H3,(H,43,44). The molecule has 6 rings (SSSR count). The molecule has 1 aliphatic heterocycles. The molecular formula is C29H29ClF3N7O5S. The van der Waals surface area contributed by atoms with Gasteiger partial charge in [-0.2, -0.15) is 8.76 Å². The molecule has 12 nitrogen and oxygen atoms in total. The third kappa shape index (κ3) is 6.08. The zero-order valence-corrected chi connectivity index (χ0v) is 26.0. The lowest BCUT2D eigenvalue weighted by Gasteiger charge is -2.38. The van der Waals surface area contributed by atoms with Gasteiger partial charge in [-0.15, -0.1) is 5.10 Å². The van der Waals surface area contributed by atoms with Crippen molar-refractivity contribution in [1.82, 2.24) is 33.5 Å². The summed E-state index contributed by atoms with van der Waals surface area (Å²) in [4.78, 5) is 45.4. The highest BCUT2D eigenvalue weighted by atomic mass is 35.5. The van der Waals surface area contributed by atoms with Crippen LogP contribution in [0.25, 0.3) is 21.5 Å². The van der Waals surface area contributed by atoms with E-state index in [1.165, 1.54) is 27.7 Å². The van der Waals surface area contributed by atoms with Crippen LogP contribution in [0.5, 0.6) is 0 Å². The van der Waals surface area contributed by atoms with Crippen LogP contribution in [0.3, 0.4) is 0 Å². The maximum absolute atomic E-state index is 13.6. The van der Waals surface area contributed by atoms with Crippen LogP contribution in [0.1, 0.15) is 36.4 Å². The van der Waals surface area contributed by atoms with E-state index in [1.807, 2.05) is 6.07 Å². The number of carbonyl (C=O) groups excluding carboxylic acids is 1. The molecule has 1 aliphatic carbocycles. The van der Waals surface area contributed by atoms with Crippen molar-refractivity contribution in [3.05, 3.63) is 63.2 Å². The molecule has 0 spiro atoms. The minimum Gasteiger partial charge on any atom is -0.465 e. The van der Waals surface area contributed by atoms with Crippen molar-refractivity contribution in [1.29, 1.82) is 0 Å². The number of rotatable bonds is 8. The van der Waals surface area contributed by atoms with Gasteiger partial charge in [-0.3, -0.25) is 18.8 Å². The van der Waals surface area contributed by atoms with Gasteiger partial charge in [0.15, 0.2) is 5.52 Å². The Kier molecular flexibility index (Phi) is 8.54. The molecule has 4 aromatic rings. The first-order chi connectivity index (χ1) is 21.8. The quantitative estimate of drug-likeness (QED) is 0.286. The van der Waals surface area contributed by atoms with Crippen LogP contribution >= 0.6 is 23.1 Å². The molecule has 0 bridgehead atoms. The number of hydrogen-bond donors (Lipinski definition) is 2. The molecule has 2 unspecified atom stereocenters. The Labute approximate surface area is 268 Å². The van der Waals surface area contributed by atoms with Crippen LogP contribution in [-0.2, 0) is 24.2 Å². The number of piperidine rings is 1. The van der Waals surface area contributed by atoms with Gasteiger partial charge < -0.3 is 20.0 Å². The van der Waals surface area contributed by atoms with E-state index < -0.39 is 48.0 Å². The molecule has 1 aromatic carbocycles. The number of amides is 2. The van der Waals surface area contributed by atoms with E-state index in [0.717, 1.165) is 39.6 Å². The highest BCUT2D eigenvalue weighted by Gasteiger charge is 2.37. The lowest BCUT2D eigenvalue weighted by molar-refractivity contribution is -0.138. The summed E-state index contributed by atoms with van der Waals surface area (Å²) in [6.45, 7) is 0.0392. The summed E-state index contributed by atoms with van der Waals surface area (Å²) in [5.74, 6) is -1.50. The molecule has 2 aliphatic rings. The highest BCUT2D eigenvalue weighted by molar-refractivity contribution is 7.11. The fourth-order valence-corrected chi connectivity index (χ4v) is 7.27. The van der Waals surface area contributed by atoms with Gasteiger partial charge in [0, 0.05) is 43.5 Å². The van der Waals surface area contributed by atoms with Crippen LogP contribution in [-0.4, -0.2) is 93.9 Å². The number of fused-ring (bicyclic) bond motifs is 2. The number of hydrogen-bond acceptors (Lipinski definition) is 8. The first-order valence-electron chi connectivity index (χ1n) is 14.4. The first-order valence-corrected chi connectivity index (χ1v) is 15.6. The average molecular weight is 680 g/mol. The van der Waals surface area contributed by atoms with Gasteiger partial charge >= 0.3 is 6.09 Å². The fraction of sp³-hybridized carbons (Fsp3) is 0.448. The number of likely N-dealkylation sites (N-methyl/N-ethyl adjacent to an activating group) is 1. The number of nitrogens with zero attached hydrogens (tertiary/aromatic N) is 7. The number of aliphatic hydroxyl groups is 1. The SMILES string of the molecule is CN(C(=O)O)C1Cc2cc(-c3snc4c(=O)n(CC5(O)CCN(C(=O)CC(C(F)F)n6ccc(F)n6)CC5)cnc34)cc(Cl)c2C1. The molecule has 0 saturated carbocycles. The number of aromatic nitrogens is 5. The molecule has 46 heavy (non-hydrogen) atoms. The van der Waals surface area contributed by atoms with E-state index in [2.05, 4.69) is 14.5 Å². The van der Waals surface area contributed by atoms with Gasteiger partial charge in [0.1, 0.15) is 11.6 Å². The monoisotopic (exact) mass is 679 g/mol. The van der Waals surface area contributed by atoms with Gasteiger partial charge in [0.2, 0.25) is 11.9 Å². The number of carboxylic acid groups (broad SMARTS) is 1. The molecule has 17 heteroatoms. The zero-order chi connectivity index (χ0) is 32.9. The summed E-state index contributed by atoms with van der Waals surface area (Å²) >= 11 is 7.68. The van der Waals surface area contributed by atoms with Gasteiger partial charge in [-0.05, 0) is 66.0 Å². The summed E-state index contributed by atoms with van der Waals surface area (Å²) in [5, 5.41) is 24.5. The van der Waals surface area contributed by atoms with Crippen molar-refractivity contribution >= 4 is 46.2 Å². The summed E-state index contributed by atoms with van der Waals surface area (Å²) in [6, 6.07) is 2.76. The Bertz CT molecular complexity index is 1870. The Morgan fingerprint density at radius 1 is 1.22 bits per heavy atom. The van der Waals surface area contributed by atoms with Crippen LogP contribution in [0.4, 0.5) is 18.0 Å². The predicted molar refractivity (Wildman–Crippen MR) is 162 cm³/mol. The molecule has 1 saturated heterocycles. The second-order valence-corrected chi connectivity index (χ2v) is 12.9. The van der Waals surface area contributed by atoms with Crippen molar-refractivity contribution in [3.63, 3.8) is 0 Å². The van der Waals surface area contributed by atoms with Crippen molar-refractivity contribution in [2.45, 2.75) is 62.8 Å². The first kappa shape index (κ1) is 31.9. The van der Waals surface area contributed by atoms with Gasteiger partial charge in [0.05, 0.1) is 29.8 Å². The molecule has 1 fully saturated rings. The Balaban J connectivity index is 1.14. The molecule has 2 amide bonds. The van der Waals surface area contributed by atoms with Gasteiger partial charge in [0.25, 0.3) is 12.0 Å². The van der Waals surface area contributed by atoms with Gasteiger partial charge in [-0.1, -0.05) is 11.6 Å². The van der Waals surface area contributed by atoms with Crippen LogP contribution in [0.15, 0.2) is 35.5 Å². The normalized spacial score (nSPS) is 18.2. The molecule has 0 radical (unpaired) electrons. The largest absolute Gasteiger partial charge is 0.465 e. The lowest BCUT2D eigenvalue weighted by Crippen LogP contribution is -2.50. The minimum absolute atomic E-state index is 0.0756. The number of halogens is 4.